The zero-order chi connectivity index (χ0) is 18.4. The average Bonchev–Trinajstić information content (AvgIpc) is 2.69. The minimum Gasteiger partial charge on any atom is -0.383 e. The van der Waals surface area contributed by atoms with Crippen molar-refractivity contribution in [3.8, 4) is 11.4 Å². The first-order valence-electron chi connectivity index (χ1n) is 9.17. The molecule has 1 fully saturated rings. The second-order valence-corrected chi connectivity index (χ2v) is 6.58. The lowest BCUT2D eigenvalue weighted by molar-refractivity contribution is 0.0936. The molecule has 6 nitrogen and oxygen atoms in total. The second kappa shape index (κ2) is 8.76. The third-order valence-electron chi connectivity index (χ3n) is 4.71. The molecule has 1 atom stereocenters. The number of piperidine rings is 1. The van der Waals surface area contributed by atoms with Crippen molar-refractivity contribution in [1.29, 1.82) is 0 Å². The van der Waals surface area contributed by atoms with Crippen LogP contribution in [0.15, 0.2) is 36.5 Å². The zero-order valence-corrected chi connectivity index (χ0v) is 15.4. The molecule has 2 heterocycles. The van der Waals surface area contributed by atoms with E-state index in [4.69, 9.17) is 9.72 Å². The van der Waals surface area contributed by atoms with Crippen LogP contribution >= 0.6 is 0 Å². The van der Waals surface area contributed by atoms with Crippen LogP contribution in [-0.2, 0) is 4.74 Å². The fraction of sp³-hybridized carbons (Fsp3) is 0.450. The highest BCUT2D eigenvalue weighted by molar-refractivity contribution is 5.99. The molecule has 1 amide bonds. The third kappa shape index (κ3) is 4.19. The van der Waals surface area contributed by atoms with E-state index in [1.165, 1.54) is 6.42 Å². The molecule has 1 aromatic carbocycles. The topological polar surface area (TPSA) is 67.3 Å². The molecule has 0 aliphatic carbocycles. The van der Waals surface area contributed by atoms with Crippen LogP contribution in [-0.4, -0.2) is 48.7 Å². The first kappa shape index (κ1) is 18.3. The minimum atomic E-state index is -0.158. The highest BCUT2D eigenvalue weighted by atomic mass is 16.5. The Balaban J connectivity index is 1.96. The largest absolute Gasteiger partial charge is 0.383 e. The molecule has 1 saturated heterocycles. The van der Waals surface area contributed by atoms with E-state index in [-0.39, 0.29) is 5.91 Å². The van der Waals surface area contributed by atoms with Crippen LogP contribution in [0.1, 0.15) is 36.5 Å². The number of nitrogens with zero attached hydrogens (tertiary/aromatic N) is 3. The van der Waals surface area contributed by atoms with Gasteiger partial charge in [-0.2, -0.15) is 0 Å². The smallest absolute Gasteiger partial charge is 0.256 e. The summed E-state index contributed by atoms with van der Waals surface area (Å²) >= 11 is 0. The fourth-order valence-corrected chi connectivity index (χ4v) is 3.25. The summed E-state index contributed by atoms with van der Waals surface area (Å²) in [5.41, 5.74) is 1.47. The molecule has 1 N–H and O–H groups in total. The van der Waals surface area contributed by atoms with Gasteiger partial charge in [-0.1, -0.05) is 30.3 Å². The summed E-state index contributed by atoms with van der Waals surface area (Å²) < 4.78 is 5.01. The lowest BCUT2D eigenvalue weighted by Gasteiger charge is -2.35. The highest BCUT2D eigenvalue weighted by Crippen LogP contribution is 2.28. The van der Waals surface area contributed by atoms with Crippen LogP contribution in [0.4, 0.5) is 5.82 Å². The highest BCUT2D eigenvalue weighted by Gasteiger charge is 2.25. The van der Waals surface area contributed by atoms with Crippen LogP contribution < -0.4 is 10.2 Å². The summed E-state index contributed by atoms with van der Waals surface area (Å²) in [5.74, 6) is 1.21. The summed E-state index contributed by atoms with van der Waals surface area (Å²) in [5, 5.41) is 2.88. The number of nitrogens with one attached hydrogen (secondary N) is 1. The predicted molar refractivity (Wildman–Crippen MR) is 102 cm³/mol. The van der Waals surface area contributed by atoms with Crippen molar-refractivity contribution in [1.82, 2.24) is 15.3 Å². The monoisotopic (exact) mass is 354 g/mol. The molecule has 6 heteroatoms. The Labute approximate surface area is 154 Å². The van der Waals surface area contributed by atoms with E-state index in [1.54, 1.807) is 13.3 Å². The number of benzene rings is 1. The van der Waals surface area contributed by atoms with Gasteiger partial charge in [-0.15, -0.1) is 0 Å². The SMILES string of the molecule is COCCNC(=O)c1cnc(-c2ccccc2)nc1N1CCCCC1C. The predicted octanol–water partition coefficient (Wildman–Crippen LogP) is 2.90. The van der Waals surface area contributed by atoms with Gasteiger partial charge in [0.05, 0.1) is 6.61 Å². The molecule has 1 unspecified atom stereocenters. The van der Waals surface area contributed by atoms with Crippen LogP contribution in [0, 0.1) is 0 Å². The van der Waals surface area contributed by atoms with Crippen LogP contribution in [0.25, 0.3) is 11.4 Å². The summed E-state index contributed by atoms with van der Waals surface area (Å²) in [6.45, 7) is 4.04. The van der Waals surface area contributed by atoms with E-state index >= 15 is 0 Å². The molecule has 1 aliphatic rings. The number of carbonyl (C=O) groups is 1. The average molecular weight is 354 g/mol. The van der Waals surface area contributed by atoms with Gasteiger partial charge in [0.1, 0.15) is 11.4 Å². The Hall–Kier alpha value is -2.47. The van der Waals surface area contributed by atoms with E-state index in [1.807, 2.05) is 30.3 Å². The molecule has 0 spiro atoms. The summed E-state index contributed by atoms with van der Waals surface area (Å²) in [6.07, 6.45) is 5.08. The number of hydrogen-bond donors (Lipinski definition) is 1. The maximum Gasteiger partial charge on any atom is 0.256 e. The van der Waals surface area contributed by atoms with Gasteiger partial charge in [-0.25, -0.2) is 9.97 Å². The number of anilines is 1. The molecule has 26 heavy (non-hydrogen) atoms. The van der Waals surface area contributed by atoms with Crippen LogP contribution in [0.3, 0.4) is 0 Å². The van der Waals surface area contributed by atoms with Gasteiger partial charge in [0.25, 0.3) is 5.91 Å². The number of amides is 1. The third-order valence-corrected chi connectivity index (χ3v) is 4.71. The van der Waals surface area contributed by atoms with Crippen molar-refractivity contribution in [2.45, 2.75) is 32.2 Å². The van der Waals surface area contributed by atoms with Crippen molar-refractivity contribution in [2.24, 2.45) is 0 Å². The molecule has 1 aromatic heterocycles. The van der Waals surface area contributed by atoms with E-state index < -0.39 is 0 Å². The van der Waals surface area contributed by atoms with Crippen molar-refractivity contribution >= 4 is 11.7 Å². The molecule has 0 radical (unpaired) electrons. The molecule has 138 valence electrons. The number of carbonyl (C=O) groups excluding carboxylic acids is 1. The minimum absolute atomic E-state index is 0.158. The Bertz CT molecular complexity index is 736. The molecule has 0 saturated carbocycles. The summed E-state index contributed by atoms with van der Waals surface area (Å²) in [7, 11) is 1.62. The van der Waals surface area contributed by atoms with Gasteiger partial charge in [-0.3, -0.25) is 4.79 Å². The van der Waals surface area contributed by atoms with Gasteiger partial charge in [0.15, 0.2) is 5.82 Å². The van der Waals surface area contributed by atoms with E-state index in [0.29, 0.717) is 30.6 Å². The first-order chi connectivity index (χ1) is 12.7. The standard InChI is InChI=1S/C20H26N4O2/c1-15-8-6-7-12-24(15)19-17(20(25)21-11-13-26-2)14-22-18(23-19)16-9-4-3-5-10-16/h3-5,9-10,14-15H,6-8,11-13H2,1-2H3,(H,21,25). The molecular weight excluding hydrogens is 328 g/mol. The summed E-state index contributed by atoms with van der Waals surface area (Å²) in [4.78, 5) is 24.1. The zero-order valence-electron chi connectivity index (χ0n) is 15.4. The molecule has 2 aromatic rings. The van der Waals surface area contributed by atoms with Crippen LogP contribution in [0.2, 0.25) is 0 Å². The maximum absolute atomic E-state index is 12.7. The van der Waals surface area contributed by atoms with E-state index in [2.05, 4.69) is 22.1 Å². The fourth-order valence-electron chi connectivity index (χ4n) is 3.25. The quantitative estimate of drug-likeness (QED) is 0.808. The Morgan fingerprint density at radius 1 is 1.31 bits per heavy atom. The first-order valence-corrected chi connectivity index (χ1v) is 9.17. The van der Waals surface area contributed by atoms with Gasteiger partial charge in [-0.05, 0) is 26.2 Å². The number of hydrogen-bond acceptors (Lipinski definition) is 5. The second-order valence-electron chi connectivity index (χ2n) is 6.58. The Kier molecular flexibility index (Phi) is 6.17. The number of methoxy groups -OCH3 is 1. The molecular formula is C20H26N4O2. The lowest BCUT2D eigenvalue weighted by atomic mass is 10.0. The van der Waals surface area contributed by atoms with Crippen molar-refractivity contribution in [3.05, 3.63) is 42.1 Å². The van der Waals surface area contributed by atoms with Crippen LogP contribution in [0.5, 0.6) is 0 Å². The van der Waals surface area contributed by atoms with Crippen molar-refractivity contribution < 1.29 is 9.53 Å². The number of aromatic nitrogens is 2. The number of ether oxygens (including phenoxy) is 1. The normalized spacial score (nSPS) is 17.2. The van der Waals surface area contributed by atoms with Gasteiger partial charge < -0.3 is 15.0 Å². The number of rotatable bonds is 6. The maximum atomic E-state index is 12.7. The van der Waals surface area contributed by atoms with Crippen molar-refractivity contribution in [2.75, 3.05) is 31.7 Å². The Morgan fingerprint density at radius 3 is 2.85 bits per heavy atom. The van der Waals surface area contributed by atoms with Gasteiger partial charge >= 0.3 is 0 Å². The van der Waals surface area contributed by atoms with E-state index in [0.717, 1.165) is 30.8 Å². The molecule has 1 aliphatic heterocycles. The molecule has 0 bridgehead atoms. The van der Waals surface area contributed by atoms with E-state index in [9.17, 15) is 4.79 Å². The van der Waals surface area contributed by atoms with Crippen molar-refractivity contribution in [3.63, 3.8) is 0 Å². The Morgan fingerprint density at radius 2 is 2.12 bits per heavy atom. The summed E-state index contributed by atoms with van der Waals surface area (Å²) in [6, 6.07) is 10.2. The van der Waals surface area contributed by atoms with Gasteiger partial charge in [0, 0.05) is 38.0 Å². The van der Waals surface area contributed by atoms with Gasteiger partial charge in [0.2, 0.25) is 0 Å². The molecule has 3 rings (SSSR count). The lowest BCUT2D eigenvalue weighted by Crippen LogP contribution is -2.40.